The highest BCUT2D eigenvalue weighted by Crippen LogP contribution is 2.18. The standard InChI is InChI=1S/C13H17N3O3S/c1-3-14-13-12(5-4-8-15-13)20(17,18)16-9-11-7-6-10(2)19-11/h4-8,16H,3,9H2,1-2H3,(H,14,15). The summed E-state index contributed by atoms with van der Waals surface area (Å²) in [6, 6.07) is 6.64. The highest BCUT2D eigenvalue weighted by Gasteiger charge is 2.19. The first-order valence-electron chi connectivity index (χ1n) is 6.27. The summed E-state index contributed by atoms with van der Waals surface area (Å²) in [5, 5.41) is 2.93. The van der Waals surface area contributed by atoms with Crippen LogP contribution >= 0.6 is 0 Å². The van der Waals surface area contributed by atoms with Crippen LogP contribution in [0.2, 0.25) is 0 Å². The molecule has 0 amide bonds. The van der Waals surface area contributed by atoms with Crippen molar-refractivity contribution in [2.75, 3.05) is 11.9 Å². The van der Waals surface area contributed by atoms with Gasteiger partial charge in [0.05, 0.1) is 6.54 Å². The molecule has 108 valence electrons. The van der Waals surface area contributed by atoms with E-state index in [-0.39, 0.29) is 11.4 Å². The Hall–Kier alpha value is -1.86. The Kier molecular flexibility index (Phi) is 4.41. The number of anilines is 1. The van der Waals surface area contributed by atoms with Gasteiger partial charge in [0.25, 0.3) is 0 Å². The van der Waals surface area contributed by atoms with Gasteiger partial charge in [0.1, 0.15) is 22.2 Å². The lowest BCUT2D eigenvalue weighted by Crippen LogP contribution is -2.24. The predicted molar refractivity (Wildman–Crippen MR) is 75.9 cm³/mol. The van der Waals surface area contributed by atoms with Gasteiger partial charge in [0.15, 0.2) is 0 Å². The minimum absolute atomic E-state index is 0.108. The second-order valence-corrected chi connectivity index (χ2v) is 5.95. The van der Waals surface area contributed by atoms with E-state index in [1.165, 1.54) is 6.07 Å². The fourth-order valence-electron chi connectivity index (χ4n) is 1.73. The molecule has 0 radical (unpaired) electrons. The molecule has 0 fully saturated rings. The van der Waals surface area contributed by atoms with Crippen LogP contribution in [0.25, 0.3) is 0 Å². The number of hydrogen-bond donors (Lipinski definition) is 2. The molecule has 0 saturated carbocycles. The molecule has 0 aliphatic heterocycles. The highest BCUT2D eigenvalue weighted by molar-refractivity contribution is 7.89. The van der Waals surface area contributed by atoms with Crippen LogP contribution in [0.3, 0.4) is 0 Å². The number of furan rings is 1. The van der Waals surface area contributed by atoms with E-state index in [0.29, 0.717) is 18.1 Å². The van der Waals surface area contributed by atoms with Crippen LogP contribution in [0.5, 0.6) is 0 Å². The van der Waals surface area contributed by atoms with Crippen molar-refractivity contribution < 1.29 is 12.8 Å². The van der Waals surface area contributed by atoms with E-state index in [2.05, 4.69) is 15.0 Å². The fourth-order valence-corrected chi connectivity index (χ4v) is 2.86. The molecular weight excluding hydrogens is 278 g/mol. The average molecular weight is 295 g/mol. The normalized spacial score (nSPS) is 11.5. The van der Waals surface area contributed by atoms with E-state index >= 15 is 0 Å². The van der Waals surface area contributed by atoms with Gasteiger partial charge in [0, 0.05) is 12.7 Å². The van der Waals surface area contributed by atoms with Gasteiger partial charge in [-0.15, -0.1) is 0 Å². The summed E-state index contributed by atoms with van der Waals surface area (Å²) in [5.74, 6) is 1.66. The maximum atomic E-state index is 12.3. The number of hydrogen-bond acceptors (Lipinski definition) is 5. The van der Waals surface area contributed by atoms with E-state index in [4.69, 9.17) is 4.42 Å². The Morgan fingerprint density at radius 2 is 2.10 bits per heavy atom. The molecule has 20 heavy (non-hydrogen) atoms. The topological polar surface area (TPSA) is 84.2 Å². The molecule has 7 heteroatoms. The monoisotopic (exact) mass is 295 g/mol. The van der Waals surface area contributed by atoms with Crippen LogP contribution in [-0.2, 0) is 16.6 Å². The van der Waals surface area contributed by atoms with Gasteiger partial charge in [-0.25, -0.2) is 18.1 Å². The molecule has 2 heterocycles. The van der Waals surface area contributed by atoms with Gasteiger partial charge in [0.2, 0.25) is 10.0 Å². The smallest absolute Gasteiger partial charge is 0.244 e. The Bertz CT molecular complexity index is 680. The number of sulfonamides is 1. The summed E-state index contributed by atoms with van der Waals surface area (Å²) in [6.07, 6.45) is 1.55. The van der Waals surface area contributed by atoms with Crippen molar-refractivity contribution in [1.29, 1.82) is 0 Å². The maximum absolute atomic E-state index is 12.3. The zero-order valence-corrected chi connectivity index (χ0v) is 12.2. The van der Waals surface area contributed by atoms with Crippen LogP contribution in [0.1, 0.15) is 18.4 Å². The molecule has 2 aromatic heterocycles. The molecule has 0 aliphatic carbocycles. The molecule has 0 unspecified atom stereocenters. The summed E-state index contributed by atoms with van der Waals surface area (Å²) in [5.41, 5.74) is 0. The van der Waals surface area contributed by atoms with Crippen molar-refractivity contribution in [3.8, 4) is 0 Å². The quantitative estimate of drug-likeness (QED) is 0.850. The second kappa shape index (κ2) is 6.06. The second-order valence-electron chi connectivity index (χ2n) is 4.22. The number of nitrogens with zero attached hydrogens (tertiary/aromatic N) is 1. The van der Waals surface area contributed by atoms with Gasteiger partial charge in [-0.05, 0) is 38.1 Å². The summed E-state index contributed by atoms with van der Waals surface area (Å²) < 4.78 is 32.4. The molecule has 2 N–H and O–H groups in total. The van der Waals surface area contributed by atoms with Crippen molar-refractivity contribution in [2.24, 2.45) is 0 Å². The van der Waals surface area contributed by atoms with Crippen LogP contribution in [0, 0.1) is 6.92 Å². The zero-order chi connectivity index (χ0) is 14.6. The molecule has 6 nitrogen and oxygen atoms in total. The number of aromatic nitrogens is 1. The van der Waals surface area contributed by atoms with E-state index in [1.807, 2.05) is 13.8 Å². The van der Waals surface area contributed by atoms with Crippen molar-refractivity contribution in [3.05, 3.63) is 42.0 Å². The Morgan fingerprint density at radius 3 is 2.75 bits per heavy atom. The molecule has 0 atom stereocenters. The van der Waals surface area contributed by atoms with Gasteiger partial charge >= 0.3 is 0 Å². The summed E-state index contributed by atoms with van der Waals surface area (Å²) in [4.78, 5) is 4.17. The first-order chi connectivity index (χ1) is 9.53. The Morgan fingerprint density at radius 1 is 1.30 bits per heavy atom. The molecule has 0 saturated heterocycles. The molecular formula is C13H17N3O3S. The molecule has 0 aromatic carbocycles. The van der Waals surface area contributed by atoms with Crippen LogP contribution in [0.4, 0.5) is 5.82 Å². The van der Waals surface area contributed by atoms with Gasteiger partial charge in [-0.2, -0.15) is 0 Å². The number of pyridine rings is 1. The first-order valence-corrected chi connectivity index (χ1v) is 7.75. The predicted octanol–water partition coefficient (Wildman–Crippen LogP) is 1.89. The third-order valence-electron chi connectivity index (χ3n) is 2.64. The van der Waals surface area contributed by atoms with Crippen molar-refractivity contribution >= 4 is 15.8 Å². The van der Waals surface area contributed by atoms with E-state index < -0.39 is 10.0 Å². The molecule has 0 aliphatic rings. The van der Waals surface area contributed by atoms with Crippen LogP contribution in [-0.4, -0.2) is 19.9 Å². The first kappa shape index (κ1) is 14.5. The summed E-state index contributed by atoms with van der Waals surface area (Å²) >= 11 is 0. The molecule has 0 bridgehead atoms. The van der Waals surface area contributed by atoms with Crippen molar-refractivity contribution in [3.63, 3.8) is 0 Å². The van der Waals surface area contributed by atoms with Crippen LogP contribution < -0.4 is 10.0 Å². The minimum Gasteiger partial charge on any atom is -0.465 e. The fraction of sp³-hybridized carbons (Fsp3) is 0.308. The summed E-state index contributed by atoms with van der Waals surface area (Å²) in [7, 11) is -3.64. The molecule has 2 aromatic rings. The lowest BCUT2D eigenvalue weighted by Gasteiger charge is -2.10. The average Bonchev–Trinajstić information content (AvgIpc) is 2.83. The Labute approximate surface area is 118 Å². The summed E-state index contributed by atoms with van der Waals surface area (Å²) in [6.45, 7) is 4.39. The maximum Gasteiger partial charge on any atom is 0.244 e. The van der Waals surface area contributed by atoms with Crippen molar-refractivity contribution in [1.82, 2.24) is 9.71 Å². The molecule has 2 rings (SSSR count). The minimum atomic E-state index is -3.64. The Balaban J connectivity index is 2.18. The third kappa shape index (κ3) is 3.37. The SMILES string of the molecule is CCNc1ncccc1S(=O)(=O)NCc1ccc(C)o1. The number of rotatable bonds is 6. The van der Waals surface area contributed by atoms with E-state index in [1.54, 1.807) is 24.4 Å². The lowest BCUT2D eigenvalue weighted by molar-refractivity contribution is 0.475. The van der Waals surface area contributed by atoms with Gasteiger partial charge < -0.3 is 9.73 Å². The lowest BCUT2D eigenvalue weighted by atomic mass is 10.4. The zero-order valence-electron chi connectivity index (χ0n) is 11.4. The van der Waals surface area contributed by atoms with E-state index in [0.717, 1.165) is 5.76 Å². The molecule has 0 spiro atoms. The number of nitrogens with one attached hydrogen (secondary N) is 2. The largest absolute Gasteiger partial charge is 0.465 e. The highest BCUT2D eigenvalue weighted by atomic mass is 32.2. The number of aryl methyl sites for hydroxylation is 1. The van der Waals surface area contributed by atoms with E-state index in [9.17, 15) is 8.42 Å². The van der Waals surface area contributed by atoms with Gasteiger partial charge in [-0.3, -0.25) is 0 Å². The van der Waals surface area contributed by atoms with Gasteiger partial charge in [-0.1, -0.05) is 0 Å². The van der Waals surface area contributed by atoms with Crippen molar-refractivity contribution in [2.45, 2.75) is 25.3 Å². The van der Waals surface area contributed by atoms with Crippen LogP contribution in [0.15, 0.2) is 39.8 Å². The third-order valence-corrected chi connectivity index (χ3v) is 4.07.